The molecule has 1 heterocycles. The van der Waals surface area contributed by atoms with Crippen molar-refractivity contribution in [2.24, 2.45) is 0 Å². The molecule has 1 rings (SSSR count). The van der Waals surface area contributed by atoms with Crippen LogP contribution < -0.4 is 5.32 Å². The summed E-state index contributed by atoms with van der Waals surface area (Å²) in [6.07, 6.45) is 4.90. The zero-order valence-corrected chi connectivity index (χ0v) is 11.4. The van der Waals surface area contributed by atoms with Crippen molar-refractivity contribution >= 4 is 5.91 Å². The molecule has 0 aromatic heterocycles. The zero-order chi connectivity index (χ0) is 12.7. The smallest absolute Gasteiger partial charge is 0.234 e. The van der Waals surface area contributed by atoms with Crippen LogP contribution in [-0.4, -0.2) is 49.7 Å². The van der Waals surface area contributed by atoms with Crippen molar-refractivity contribution in [3.05, 3.63) is 0 Å². The monoisotopic (exact) mass is 242 g/mol. The Bertz CT molecular complexity index is 233. The summed E-state index contributed by atoms with van der Waals surface area (Å²) in [6, 6.07) is 0.685. The van der Waals surface area contributed by atoms with E-state index in [0.29, 0.717) is 19.2 Å². The number of likely N-dealkylation sites (tertiary alicyclic amines) is 1. The van der Waals surface area contributed by atoms with Crippen LogP contribution in [0.15, 0.2) is 0 Å². The molecule has 1 N–H and O–H groups in total. The van der Waals surface area contributed by atoms with Gasteiger partial charge in [-0.05, 0) is 32.7 Å². The maximum Gasteiger partial charge on any atom is 0.234 e. The van der Waals surface area contributed by atoms with Crippen LogP contribution >= 0.6 is 0 Å². The quantitative estimate of drug-likeness (QED) is 0.765. The van der Waals surface area contributed by atoms with Gasteiger partial charge in [-0.2, -0.15) is 0 Å². The second-order valence-corrected chi connectivity index (χ2v) is 4.95. The van der Waals surface area contributed by atoms with Gasteiger partial charge in [-0.15, -0.1) is 0 Å². The third kappa shape index (κ3) is 5.04. The molecule has 0 aliphatic carbocycles. The highest BCUT2D eigenvalue weighted by atomic mass is 16.5. The lowest BCUT2D eigenvalue weighted by Crippen LogP contribution is -2.47. The summed E-state index contributed by atoms with van der Waals surface area (Å²) in [5, 5.41) is 2.97. The molecule has 100 valence electrons. The number of hydrogen-bond donors (Lipinski definition) is 1. The Morgan fingerprint density at radius 2 is 2.29 bits per heavy atom. The standard InChI is InChI=1S/C13H26N2O2/c1-4-12-7-5-6-8-15(12)9-13(16)14-11(2)10-17-3/h11-12H,4-10H2,1-3H3,(H,14,16). The Hall–Kier alpha value is -0.610. The lowest BCUT2D eigenvalue weighted by Gasteiger charge is -2.34. The van der Waals surface area contributed by atoms with Crippen molar-refractivity contribution in [3.8, 4) is 0 Å². The number of methoxy groups -OCH3 is 1. The van der Waals surface area contributed by atoms with Crippen molar-refractivity contribution in [1.82, 2.24) is 10.2 Å². The fourth-order valence-corrected chi connectivity index (χ4v) is 2.53. The third-order valence-electron chi connectivity index (χ3n) is 3.39. The molecule has 4 nitrogen and oxygen atoms in total. The number of piperidine rings is 1. The van der Waals surface area contributed by atoms with Crippen LogP contribution in [0.1, 0.15) is 39.5 Å². The molecular formula is C13H26N2O2. The van der Waals surface area contributed by atoms with Crippen LogP contribution in [0.2, 0.25) is 0 Å². The van der Waals surface area contributed by atoms with E-state index in [2.05, 4.69) is 17.1 Å². The normalized spacial score (nSPS) is 23.4. The minimum absolute atomic E-state index is 0.0948. The van der Waals surface area contributed by atoms with Crippen molar-refractivity contribution in [1.29, 1.82) is 0 Å². The molecule has 0 bridgehead atoms. The van der Waals surface area contributed by atoms with Gasteiger partial charge in [0, 0.05) is 19.2 Å². The molecule has 1 fully saturated rings. The number of ether oxygens (including phenoxy) is 1. The fourth-order valence-electron chi connectivity index (χ4n) is 2.53. The first-order valence-corrected chi connectivity index (χ1v) is 6.69. The molecule has 17 heavy (non-hydrogen) atoms. The molecular weight excluding hydrogens is 216 g/mol. The van der Waals surface area contributed by atoms with E-state index in [1.807, 2.05) is 6.92 Å². The van der Waals surface area contributed by atoms with Gasteiger partial charge >= 0.3 is 0 Å². The second-order valence-electron chi connectivity index (χ2n) is 4.95. The Morgan fingerprint density at radius 1 is 1.53 bits per heavy atom. The lowest BCUT2D eigenvalue weighted by atomic mass is 10.00. The zero-order valence-electron chi connectivity index (χ0n) is 11.4. The minimum atomic E-state index is 0.0948. The summed E-state index contributed by atoms with van der Waals surface area (Å²) in [5.74, 6) is 0.120. The van der Waals surface area contributed by atoms with Gasteiger partial charge in [0.1, 0.15) is 0 Å². The maximum atomic E-state index is 11.8. The van der Waals surface area contributed by atoms with Gasteiger partial charge in [-0.1, -0.05) is 13.3 Å². The predicted octanol–water partition coefficient (Wildman–Crippen LogP) is 1.40. The average Bonchev–Trinajstić information content (AvgIpc) is 2.29. The number of rotatable bonds is 6. The molecule has 0 radical (unpaired) electrons. The van der Waals surface area contributed by atoms with Crippen LogP contribution in [0.4, 0.5) is 0 Å². The molecule has 0 spiro atoms. The van der Waals surface area contributed by atoms with Crippen LogP contribution in [-0.2, 0) is 9.53 Å². The largest absolute Gasteiger partial charge is 0.383 e. The number of carbonyl (C=O) groups excluding carboxylic acids is 1. The molecule has 2 atom stereocenters. The molecule has 1 amide bonds. The Balaban J connectivity index is 2.33. The van der Waals surface area contributed by atoms with E-state index in [1.54, 1.807) is 7.11 Å². The molecule has 0 saturated carbocycles. The summed E-state index contributed by atoms with van der Waals surface area (Å²) >= 11 is 0. The predicted molar refractivity (Wildman–Crippen MR) is 69.0 cm³/mol. The van der Waals surface area contributed by atoms with Crippen LogP contribution in [0, 0.1) is 0 Å². The second kappa shape index (κ2) is 7.67. The van der Waals surface area contributed by atoms with E-state index in [9.17, 15) is 4.79 Å². The third-order valence-corrected chi connectivity index (χ3v) is 3.39. The Kier molecular flexibility index (Phi) is 6.52. The topological polar surface area (TPSA) is 41.6 Å². The first-order valence-electron chi connectivity index (χ1n) is 6.69. The van der Waals surface area contributed by atoms with Crippen molar-refractivity contribution in [3.63, 3.8) is 0 Å². The number of nitrogens with zero attached hydrogens (tertiary/aromatic N) is 1. The number of amides is 1. The summed E-state index contributed by atoms with van der Waals surface area (Å²) in [4.78, 5) is 14.2. The molecule has 0 aromatic carbocycles. The van der Waals surface area contributed by atoms with E-state index in [1.165, 1.54) is 19.3 Å². The average molecular weight is 242 g/mol. The van der Waals surface area contributed by atoms with E-state index in [-0.39, 0.29) is 11.9 Å². The summed E-state index contributed by atoms with van der Waals surface area (Å²) in [6.45, 7) is 6.34. The van der Waals surface area contributed by atoms with Gasteiger partial charge in [-0.3, -0.25) is 9.69 Å². The summed E-state index contributed by atoms with van der Waals surface area (Å²) < 4.78 is 5.01. The van der Waals surface area contributed by atoms with E-state index >= 15 is 0 Å². The Labute approximate surface area is 105 Å². The fraction of sp³-hybridized carbons (Fsp3) is 0.923. The maximum absolute atomic E-state index is 11.8. The van der Waals surface area contributed by atoms with Crippen molar-refractivity contribution < 1.29 is 9.53 Å². The lowest BCUT2D eigenvalue weighted by molar-refractivity contribution is -0.124. The SMILES string of the molecule is CCC1CCCCN1CC(=O)NC(C)COC. The van der Waals surface area contributed by atoms with Gasteiger partial charge in [-0.25, -0.2) is 0 Å². The molecule has 1 aliphatic rings. The first kappa shape index (κ1) is 14.5. The van der Waals surface area contributed by atoms with Crippen LogP contribution in [0.25, 0.3) is 0 Å². The molecule has 1 saturated heterocycles. The number of carbonyl (C=O) groups is 1. The van der Waals surface area contributed by atoms with E-state index < -0.39 is 0 Å². The van der Waals surface area contributed by atoms with Gasteiger partial charge < -0.3 is 10.1 Å². The van der Waals surface area contributed by atoms with Crippen LogP contribution in [0.5, 0.6) is 0 Å². The van der Waals surface area contributed by atoms with Gasteiger partial charge in [0.2, 0.25) is 5.91 Å². The van der Waals surface area contributed by atoms with Gasteiger partial charge in [0.15, 0.2) is 0 Å². The number of hydrogen-bond acceptors (Lipinski definition) is 3. The summed E-state index contributed by atoms with van der Waals surface area (Å²) in [7, 11) is 1.65. The molecule has 1 aliphatic heterocycles. The molecule has 0 aromatic rings. The van der Waals surface area contributed by atoms with Crippen molar-refractivity contribution in [2.45, 2.75) is 51.6 Å². The molecule has 4 heteroatoms. The first-order chi connectivity index (χ1) is 8.17. The highest BCUT2D eigenvalue weighted by molar-refractivity contribution is 5.78. The molecule has 2 unspecified atom stereocenters. The van der Waals surface area contributed by atoms with Crippen LogP contribution in [0.3, 0.4) is 0 Å². The summed E-state index contributed by atoms with van der Waals surface area (Å²) in [5.41, 5.74) is 0. The van der Waals surface area contributed by atoms with Gasteiger partial charge in [0.05, 0.1) is 13.2 Å². The highest BCUT2D eigenvalue weighted by Gasteiger charge is 2.22. The highest BCUT2D eigenvalue weighted by Crippen LogP contribution is 2.18. The van der Waals surface area contributed by atoms with E-state index in [4.69, 9.17) is 4.74 Å². The van der Waals surface area contributed by atoms with Gasteiger partial charge in [0.25, 0.3) is 0 Å². The Morgan fingerprint density at radius 3 is 2.94 bits per heavy atom. The minimum Gasteiger partial charge on any atom is -0.383 e. The van der Waals surface area contributed by atoms with E-state index in [0.717, 1.165) is 13.0 Å². The number of nitrogens with one attached hydrogen (secondary N) is 1. The van der Waals surface area contributed by atoms with Crippen molar-refractivity contribution in [2.75, 3.05) is 26.8 Å².